The molecular formula is C15H10F3N5O2. The highest BCUT2D eigenvalue weighted by molar-refractivity contribution is 6.03. The standard InChI is InChI=1S/C15H10F3N5O2/c16-15(17,18)9-5-8(12-21-14(25)23-22-12)6-10(7-9)20-13(24)11-3-1-2-4-19-11/h1-7H,(H,20,24)(H2,21,22,23,25). The molecule has 25 heavy (non-hydrogen) atoms. The molecule has 1 amide bonds. The van der Waals surface area contributed by atoms with Gasteiger partial charge in [-0.05, 0) is 30.3 Å². The average Bonchev–Trinajstić information content (AvgIpc) is 3.01. The number of benzene rings is 1. The van der Waals surface area contributed by atoms with Crippen molar-refractivity contribution in [1.29, 1.82) is 0 Å². The van der Waals surface area contributed by atoms with Crippen molar-refractivity contribution in [3.63, 3.8) is 0 Å². The second kappa shape index (κ2) is 6.23. The summed E-state index contributed by atoms with van der Waals surface area (Å²) >= 11 is 0. The van der Waals surface area contributed by atoms with Crippen LogP contribution in [0, 0.1) is 0 Å². The predicted octanol–water partition coefficient (Wildman–Crippen LogP) is 2.43. The lowest BCUT2D eigenvalue weighted by atomic mass is 10.1. The van der Waals surface area contributed by atoms with E-state index in [9.17, 15) is 22.8 Å². The fraction of sp³-hybridized carbons (Fsp3) is 0.0667. The zero-order valence-corrected chi connectivity index (χ0v) is 12.4. The third kappa shape index (κ3) is 3.74. The molecule has 0 bridgehead atoms. The van der Waals surface area contributed by atoms with Crippen molar-refractivity contribution in [1.82, 2.24) is 20.2 Å². The third-order valence-electron chi connectivity index (χ3n) is 3.19. The highest BCUT2D eigenvalue weighted by Crippen LogP contribution is 2.34. The van der Waals surface area contributed by atoms with Gasteiger partial charge in [-0.3, -0.25) is 14.8 Å². The van der Waals surface area contributed by atoms with E-state index in [0.717, 1.165) is 12.1 Å². The molecule has 7 nitrogen and oxygen atoms in total. The first-order chi connectivity index (χ1) is 11.8. The Morgan fingerprint density at radius 3 is 2.56 bits per heavy atom. The van der Waals surface area contributed by atoms with Crippen LogP contribution in [-0.4, -0.2) is 26.1 Å². The molecule has 0 aliphatic carbocycles. The molecule has 2 aromatic heterocycles. The zero-order valence-electron chi connectivity index (χ0n) is 12.4. The fourth-order valence-corrected chi connectivity index (χ4v) is 2.10. The molecule has 0 unspecified atom stereocenters. The van der Waals surface area contributed by atoms with Crippen LogP contribution in [-0.2, 0) is 6.18 Å². The lowest BCUT2D eigenvalue weighted by Crippen LogP contribution is -2.14. The van der Waals surface area contributed by atoms with Crippen LogP contribution in [0.3, 0.4) is 0 Å². The summed E-state index contributed by atoms with van der Waals surface area (Å²) in [6.45, 7) is 0. The molecule has 0 fully saturated rings. The van der Waals surface area contributed by atoms with Crippen molar-refractivity contribution in [2.75, 3.05) is 5.32 Å². The van der Waals surface area contributed by atoms with Gasteiger partial charge in [0.2, 0.25) is 0 Å². The molecular weight excluding hydrogens is 339 g/mol. The Morgan fingerprint density at radius 1 is 1.16 bits per heavy atom. The first-order valence-corrected chi connectivity index (χ1v) is 6.92. The first kappa shape index (κ1) is 16.4. The van der Waals surface area contributed by atoms with E-state index in [1.165, 1.54) is 18.3 Å². The maximum absolute atomic E-state index is 13.1. The Kier molecular flexibility index (Phi) is 4.09. The van der Waals surface area contributed by atoms with E-state index in [1.807, 2.05) is 0 Å². The van der Waals surface area contributed by atoms with E-state index >= 15 is 0 Å². The third-order valence-corrected chi connectivity index (χ3v) is 3.19. The summed E-state index contributed by atoms with van der Waals surface area (Å²) < 4.78 is 39.3. The van der Waals surface area contributed by atoms with Gasteiger partial charge in [0.05, 0.1) is 5.56 Å². The van der Waals surface area contributed by atoms with Gasteiger partial charge in [0, 0.05) is 17.4 Å². The van der Waals surface area contributed by atoms with E-state index in [2.05, 4.69) is 25.5 Å². The zero-order chi connectivity index (χ0) is 18.0. The number of nitrogens with one attached hydrogen (secondary N) is 3. The van der Waals surface area contributed by atoms with Gasteiger partial charge in [0.1, 0.15) is 5.69 Å². The number of alkyl halides is 3. The number of pyridine rings is 1. The summed E-state index contributed by atoms with van der Waals surface area (Å²) in [5.74, 6) is -0.745. The van der Waals surface area contributed by atoms with Crippen molar-refractivity contribution < 1.29 is 18.0 Å². The van der Waals surface area contributed by atoms with Crippen molar-refractivity contribution in [2.45, 2.75) is 6.18 Å². The number of carbonyl (C=O) groups is 1. The van der Waals surface area contributed by atoms with Crippen LogP contribution in [0.5, 0.6) is 0 Å². The molecule has 128 valence electrons. The monoisotopic (exact) mass is 349 g/mol. The molecule has 1 aromatic carbocycles. The number of nitrogens with zero attached hydrogens (tertiary/aromatic N) is 2. The smallest absolute Gasteiger partial charge is 0.321 e. The molecule has 3 aromatic rings. The molecule has 0 aliphatic heterocycles. The average molecular weight is 349 g/mol. The molecule has 3 N–H and O–H groups in total. The van der Waals surface area contributed by atoms with Gasteiger partial charge in [-0.25, -0.2) is 9.89 Å². The molecule has 2 heterocycles. The quantitative estimate of drug-likeness (QED) is 0.675. The molecule has 0 radical (unpaired) electrons. The van der Waals surface area contributed by atoms with Crippen molar-refractivity contribution in [2.24, 2.45) is 0 Å². The lowest BCUT2D eigenvalue weighted by Gasteiger charge is -2.12. The summed E-state index contributed by atoms with van der Waals surface area (Å²) in [6, 6.07) is 7.48. The van der Waals surface area contributed by atoms with Crippen LogP contribution in [0.15, 0.2) is 47.4 Å². The Morgan fingerprint density at radius 2 is 1.96 bits per heavy atom. The summed E-state index contributed by atoms with van der Waals surface area (Å²) in [7, 11) is 0. The van der Waals surface area contributed by atoms with E-state index < -0.39 is 23.3 Å². The number of anilines is 1. The lowest BCUT2D eigenvalue weighted by molar-refractivity contribution is -0.137. The molecule has 0 spiro atoms. The number of aromatic amines is 2. The summed E-state index contributed by atoms with van der Waals surface area (Å²) in [4.78, 5) is 29.3. The number of H-pyrrole nitrogens is 2. The number of rotatable bonds is 3. The minimum Gasteiger partial charge on any atom is -0.321 e. The van der Waals surface area contributed by atoms with E-state index in [1.54, 1.807) is 12.1 Å². The van der Waals surface area contributed by atoms with Gasteiger partial charge in [0.25, 0.3) is 5.91 Å². The Labute approximate surface area is 137 Å². The minimum absolute atomic E-state index is 0.00973. The Hall–Kier alpha value is -3.43. The SMILES string of the molecule is O=C(Nc1cc(-c2n[nH]c(=O)[nH]2)cc(C(F)(F)F)c1)c1ccccn1. The van der Waals surface area contributed by atoms with Crippen molar-refractivity contribution in [3.05, 3.63) is 64.3 Å². The molecule has 0 atom stereocenters. The number of aromatic nitrogens is 4. The van der Waals surface area contributed by atoms with Crippen LogP contribution in [0.25, 0.3) is 11.4 Å². The summed E-state index contributed by atoms with van der Waals surface area (Å²) in [6.07, 6.45) is -3.25. The van der Waals surface area contributed by atoms with Gasteiger partial charge in [-0.2, -0.15) is 18.3 Å². The number of hydrogen-bond acceptors (Lipinski definition) is 4. The Bertz CT molecular complexity index is 963. The fourth-order valence-electron chi connectivity index (χ4n) is 2.10. The number of carbonyl (C=O) groups excluding carboxylic acids is 1. The normalized spacial score (nSPS) is 11.3. The minimum atomic E-state index is -4.64. The molecule has 3 rings (SSSR count). The number of amides is 1. The highest BCUT2D eigenvalue weighted by Gasteiger charge is 2.31. The maximum Gasteiger partial charge on any atom is 0.416 e. The van der Waals surface area contributed by atoms with Crippen LogP contribution in [0.4, 0.5) is 18.9 Å². The van der Waals surface area contributed by atoms with E-state index in [-0.39, 0.29) is 22.8 Å². The topological polar surface area (TPSA) is 104 Å². The van der Waals surface area contributed by atoms with Gasteiger partial charge < -0.3 is 5.32 Å². The molecule has 0 saturated carbocycles. The van der Waals surface area contributed by atoms with Crippen LogP contribution >= 0.6 is 0 Å². The van der Waals surface area contributed by atoms with E-state index in [4.69, 9.17) is 0 Å². The predicted molar refractivity (Wildman–Crippen MR) is 81.8 cm³/mol. The largest absolute Gasteiger partial charge is 0.416 e. The van der Waals surface area contributed by atoms with Crippen molar-refractivity contribution >= 4 is 11.6 Å². The highest BCUT2D eigenvalue weighted by atomic mass is 19.4. The second-order valence-electron chi connectivity index (χ2n) is 4.99. The van der Waals surface area contributed by atoms with Crippen LogP contribution in [0.2, 0.25) is 0 Å². The Balaban J connectivity index is 2.01. The summed E-state index contributed by atoms with van der Waals surface area (Å²) in [5, 5.41) is 8.03. The van der Waals surface area contributed by atoms with Gasteiger partial charge in [-0.15, -0.1) is 0 Å². The number of halogens is 3. The molecule has 10 heteroatoms. The van der Waals surface area contributed by atoms with Crippen molar-refractivity contribution in [3.8, 4) is 11.4 Å². The van der Waals surface area contributed by atoms with Gasteiger partial charge in [-0.1, -0.05) is 6.07 Å². The van der Waals surface area contributed by atoms with Crippen LogP contribution in [0.1, 0.15) is 16.1 Å². The van der Waals surface area contributed by atoms with Gasteiger partial charge in [0.15, 0.2) is 5.82 Å². The van der Waals surface area contributed by atoms with Crippen LogP contribution < -0.4 is 11.0 Å². The first-order valence-electron chi connectivity index (χ1n) is 6.92. The van der Waals surface area contributed by atoms with E-state index in [0.29, 0.717) is 0 Å². The molecule has 0 aliphatic rings. The maximum atomic E-state index is 13.1. The molecule has 0 saturated heterocycles. The summed E-state index contributed by atoms with van der Waals surface area (Å²) in [5.41, 5.74) is -1.72. The number of hydrogen-bond donors (Lipinski definition) is 3. The van der Waals surface area contributed by atoms with Gasteiger partial charge >= 0.3 is 11.9 Å². The second-order valence-corrected chi connectivity index (χ2v) is 4.99.